The number of rotatable bonds is 3. The first kappa shape index (κ1) is 14.6. The monoisotopic (exact) mass is 293 g/mol. The average molecular weight is 293 g/mol. The SMILES string of the molecule is Cc1cc(C)c(C)c(S(=O)(=O)Nc2ccn(C)n2)c1C. The molecule has 0 aliphatic heterocycles. The van der Waals surface area contributed by atoms with Gasteiger partial charge in [0.25, 0.3) is 10.0 Å². The van der Waals surface area contributed by atoms with E-state index in [1.807, 2.05) is 33.8 Å². The molecule has 1 N–H and O–H groups in total. The Morgan fingerprint density at radius 3 is 2.10 bits per heavy atom. The molecule has 0 spiro atoms. The van der Waals surface area contributed by atoms with Gasteiger partial charge in [-0.15, -0.1) is 0 Å². The maximum atomic E-state index is 12.6. The van der Waals surface area contributed by atoms with Gasteiger partial charge in [-0.2, -0.15) is 5.10 Å². The van der Waals surface area contributed by atoms with Gasteiger partial charge in [0, 0.05) is 19.3 Å². The van der Waals surface area contributed by atoms with Gasteiger partial charge in [0.15, 0.2) is 5.82 Å². The van der Waals surface area contributed by atoms with E-state index in [2.05, 4.69) is 9.82 Å². The fraction of sp³-hybridized carbons (Fsp3) is 0.357. The number of aromatic nitrogens is 2. The molecule has 0 fully saturated rings. The van der Waals surface area contributed by atoms with E-state index in [9.17, 15) is 8.42 Å². The van der Waals surface area contributed by atoms with Crippen LogP contribution in [0.15, 0.2) is 23.2 Å². The molecule has 1 heterocycles. The van der Waals surface area contributed by atoms with Gasteiger partial charge in [-0.05, 0) is 49.9 Å². The summed E-state index contributed by atoms with van der Waals surface area (Å²) >= 11 is 0. The molecule has 108 valence electrons. The quantitative estimate of drug-likeness (QED) is 0.945. The molecular weight excluding hydrogens is 274 g/mol. The van der Waals surface area contributed by atoms with Crippen molar-refractivity contribution in [3.63, 3.8) is 0 Å². The largest absolute Gasteiger partial charge is 0.274 e. The average Bonchev–Trinajstić information content (AvgIpc) is 2.71. The number of nitrogens with zero attached hydrogens (tertiary/aromatic N) is 2. The van der Waals surface area contributed by atoms with E-state index in [0.29, 0.717) is 10.7 Å². The Bertz CT molecular complexity index is 735. The summed E-state index contributed by atoms with van der Waals surface area (Å²) in [6.07, 6.45) is 1.69. The molecule has 6 heteroatoms. The van der Waals surface area contributed by atoms with E-state index in [0.717, 1.165) is 22.3 Å². The van der Waals surface area contributed by atoms with Crippen molar-refractivity contribution in [2.24, 2.45) is 7.05 Å². The maximum absolute atomic E-state index is 12.6. The van der Waals surface area contributed by atoms with Crippen LogP contribution < -0.4 is 4.72 Å². The Labute approximate surface area is 119 Å². The Morgan fingerprint density at radius 1 is 1.10 bits per heavy atom. The van der Waals surface area contributed by atoms with E-state index >= 15 is 0 Å². The van der Waals surface area contributed by atoms with Crippen LogP contribution in [0.25, 0.3) is 0 Å². The summed E-state index contributed by atoms with van der Waals surface area (Å²) in [5, 5.41) is 4.05. The summed E-state index contributed by atoms with van der Waals surface area (Å²) in [5.74, 6) is 0.324. The fourth-order valence-corrected chi connectivity index (χ4v) is 3.86. The minimum atomic E-state index is -3.63. The van der Waals surface area contributed by atoms with Crippen LogP contribution in [-0.4, -0.2) is 18.2 Å². The van der Waals surface area contributed by atoms with Crippen LogP contribution in [-0.2, 0) is 17.1 Å². The molecule has 0 aliphatic carbocycles. The van der Waals surface area contributed by atoms with Gasteiger partial charge in [0.2, 0.25) is 0 Å². The van der Waals surface area contributed by atoms with Crippen LogP contribution in [0.2, 0.25) is 0 Å². The highest BCUT2D eigenvalue weighted by Gasteiger charge is 2.22. The van der Waals surface area contributed by atoms with Crippen LogP contribution in [0.4, 0.5) is 5.82 Å². The molecule has 2 aromatic rings. The molecule has 0 saturated carbocycles. The Kier molecular flexibility index (Phi) is 3.60. The molecule has 1 aromatic carbocycles. The second kappa shape index (κ2) is 4.94. The summed E-state index contributed by atoms with van der Waals surface area (Å²) in [6, 6.07) is 3.63. The normalized spacial score (nSPS) is 11.7. The zero-order chi connectivity index (χ0) is 15.1. The van der Waals surface area contributed by atoms with Crippen molar-refractivity contribution in [1.82, 2.24) is 9.78 Å². The second-order valence-corrected chi connectivity index (χ2v) is 6.69. The number of hydrogen-bond acceptors (Lipinski definition) is 3. The lowest BCUT2D eigenvalue weighted by molar-refractivity contribution is 0.599. The lowest BCUT2D eigenvalue weighted by Crippen LogP contribution is -2.17. The highest BCUT2D eigenvalue weighted by molar-refractivity contribution is 7.92. The summed E-state index contributed by atoms with van der Waals surface area (Å²) in [5.41, 5.74) is 3.48. The molecule has 0 bridgehead atoms. The van der Waals surface area contributed by atoms with Gasteiger partial charge in [0.05, 0.1) is 4.90 Å². The van der Waals surface area contributed by atoms with E-state index in [4.69, 9.17) is 0 Å². The van der Waals surface area contributed by atoms with E-state index in [-0.39, 0.29) is 0 Å². The summed E-state index contributed by atoms with van der Waals surface area (Å²) < 4.78 is 29.3. The van der Waals surface area contributed by atoms with Gasteiger partial charge in [0.1, 0.15) is 0 Å². The van der Waals surface area contributed by atoms with Gasteiger partial charge >= 0.3 is 0 Å². The van der Waals surface area contributed by atoms with Crippen molar-refractivity contribution >= 4 is 15.8 Å². The minimum absolute atomic E-state index is 0.324. The van der Waals surface area contributed by atoms with Crippen LogP contribution in [0.1, 0.15) is 22.3 Å². The second-order valence-electron chi connectivity index (χ2n) is 5.07. The topological polar surface area (TPSA) is 64.0 Å². The molecule has 0 radical (unpaired) electrons. The first-order chi connectivity index (χ1) is 9.22. The minimum Gasteiger partial charge on any atom is -0.274 e. The van der Waals surface area contributed by atoms with Gasteiger partial charge in [-0.3, -0.25) is 9.40 Å². The smallest absolute Gasteiger partial charge is 0.263 e. The zero-order valence-corrected chi connectivity index (χ0v) is 13.2. The lowest BCUT2D eigenvalue weighted by Gasteiger charge is -2.15. The third kappa shape index (κ3) is 2.56. The van der Waals surface area contributed by atoms with Crippen LogP contribution >= 0.6 is 0 Å². The van der Waals surface area contributed by atoms with Crippen molar-refractivity contribution in [2.45, 2.75) is 32.6 Å². The number of benzene rings is 1. The molecular formula is C14H19N3O2S. The van der Waals surface area contributed by atoms with Crippen molar-refractivity contribution in [1.29, 1.82) is 0 Å². The Morgan fingerprint density at radius 2 is 1.65 bits per heavy atom. The lowest BCUT2D eigenvalue weighted by atomic mass is 10.0. The molecule has 0 unspecified atom stereocenters. The van der Waals surface area contributed by atoms with Crippen LogP contribution in [0, 0.1) is 27.7 Å². The highest BCUT2D eigenvalue weighted by atomic mass is 32.2. The zero-order valence-electron chi connectivity index (χ0n) is 12.4. The molecule has 0 amide bonds. The number of nitrogens with one attached hydrogen (secondary N) is 1. The molecule has 0 aliphatic rings. The van der Waals surface area contributed by atoms with E-state index in [1.54, 1.807) is 24.0 Å². The molecule has 2 rings (SSSR count). The predicted molar refractivity (Wildman–Crippen MR) is 79.4 cm³/mol. The first-order valence-electron chi connectivity index (χ1n) is 6.32. The molecule has 20 heavy (non-hydrogen) atoms. The van der Waals surface area contributed by atoms with Crippen molar-refractivity contribution < 1.29 is 8.42 Å². The van der Waals surface area contributed by atoms with Crippen molar-refractivity contribution in [3.8, 4) is 0 Å². The molecule has 5 nitrogen and oxygen atoms in total. The predicted octanol–water partition coefficient (Wildman–Crippen LogP) is 2.45. The highest BCUT2D eigenvalue weighted by Crippen LogP contribution is 2.27. The number of aryl methyl sites for hydroxylation is 3. The van der Waals surface area contributed by atoms with Gasteiger partial charge in [-0.25, -0.2) is 8.42 Å². The summed E-state index contributed by atoms with van der Waals surface area (Å²) in [6.45, 7) is 7.49. The third-order valence-corrected chi connectivity index (χ3v) is 5.15. The third-order valence-electron chi connectivity index (χ3n) is 3.52. The van der Waals surface area contributed by atoms with E-state index in [1.165, 1.54) is 0 Å². The van der Waals surface area contributed by atoms with E-state index < -0.39 is 10.0 Å². The number of sulfonamides is 1. The number of hydrogen-bond donors (Lipinski definition) is 1. The summed E-state index contributed by atoms with van der Waals surface area (Å²) in [7, 11) is -1.89. The maximum Gasteiger partial charge on any atom is 0.263 e. The van der Waals surface area contributed by atoms with Gasteiger partial charge < -0.3 is 0 Å². The van der Waals surface area contributed by atoms with Crippen molar-refractivity contribution in [3.05, 3.63) is 40.6 Å². The van der Waals surface area contributed by atoms with Crippen LogP contribution in [0.5, 0.6) is 0 Å². The first-order valence-corrected chi connectivity index (χ1v) is 7.80. The molecule has 0 atom stereocenters. The van der Waals surface area contributed by atoms with Crippen LogP contribution in [0.3, 0.4) is 0 Å². The Balaban J connectivity index is 2.55. The fourth-order valence-electron chi connectivity index (χ4n) is 2.24. The van der Waals surface area contributed by atoms with Gasteiger partial charge in [-0.1, -0.05) is 6.07 Å². The molecule has 0 saturated heterocycles. The Hall–Kier alpha value is -1.82. The summed E-state index contributed by atoms with van der Waals surface area (Å²) in [4.78, 5) is 0.348. The standard InChI is InChI=1S/C14H19N3O2S/c1-9-8-10(2)12(4)14(11(9)3)20(18,19)16-13-6-7-17(5)15-13/h6-8H,1-5H3,(H,15,16). The molecule has 1 aromatic heterocycles. The van der Waals surface area contributed by atoms with Crippen molar-refractivity contribution in [2.75, 3.05) is 4.72 Å². The number of anilines is 1.